The molecular weight excluding hydrogens is 328 g/mol. The molecule has 124 valence electrons. The summed E-state index contributed by atoms with van der Waals surface area (Å²) in [6.07, 6.45) is 6.57. The van der Waals surface area contributed by atoms with Crippen molar-refractivity contribution in [3.05, 3.63) is 47.0 Å². The number of ether oxygens (including phenoxy) is 1. The zero-order chi connectivity index (χ0) is 16.9. The number of halogens is 1. The summed E-state index contributed by atoms with van der Waals surface area (Å²) in [7, 11) is 0. The van der Waals surface area contributed by atoms with Crippen LogP contribution in [-0.2, 0) is 0 Å². The SMILES string of the molecule is N#Cc1ccc(O[C@H]2CC[C@H](NC(=O)c3c[nH]cn3)CC2)cc1Cl. The largest absolute Gasteiger partial charge is 0.490 e. The molecule has 1 amide bonds. The van der Waals surface area contributed by atoms with Gasteiger partial charge in [-0.25, -0.2) is 4.98 Å². The van der Waals surface area contributed by atoms with Crippen LogP contribution < -0.4 is 10.1 Å². The second-order valence-electron chi connectivity index (χ2n) is 5.77. The predicted octanol–water partition coefficient (Wildman–Crippen LogP) is 3.05. The smallest absolute Gasteiger partial charge is 0.271 e. The Morgan fingerprint density at radius 1 is 1.38 bits per heavy atom. The minimum atomic E-state index is -0.153. The third-order valence-corrected chi connectivity index (χ3v) is 4.42. The van der Waals surface area contributed by atoms with Crippen molar-refractivity contribution in [3.63, 3.8) is 0 Å². The zero-order valence-electron chi connectivity index (χ0n) is 13.0. The van der Waals surface area contributed by atoms with E-state index in [9.17, 15) is 4.79 Å². The summed E-state index contributed by atoms with van der Waals surface area (Å²) in [4.78, 5) is 18.7. The average molecular weight is 345 g/mol. The van der Waals surface area contributed by atoms with Crippen molar-refractivity contribution < 1.29 is 9.53 Å². The Morgan fingerprint density at radius 2 is 2.17 bits per heavy atom. The molecule has 0 unspecified atom stereocenters. The summed E-state index contributed by atoms with van der Waals surface area (Å²) in [5, 5.41) is 12.3. The number of rotatable bonds is 4. The summed E-state index contributed by atoms with van der Waals surface area (Å²) >= 11 is 6.02. The number of imidazole rings is 1. The molecule has 1 aromatic carbocycles. The molecule has 1 aliphatic rings. The standard InChI is InChI=1S/C17H17ClN4O2/c18-15-7-14(4-1-11(15)8-19)24-13-5-2-12(3-6-13)22-17(23)16-9-20-10-21-16/h1,4,7,9-10,12-13H,2-3,5-6H2,(H,20,21)(H,22,23)/t12-,13-. The molecule has 2 aromatic rings. The van der Waals surface area contributed by atoms with Gasteiger partial charge >= 0.3 is 0 Å². The van der Waals surface area contributed by atoms with Gasteiger partial charge in [-0.3, -0.25) is 4.79 Å². The zero-order valence-corrected chi connectivity index (χ0v) is 13.7. The van der Waals surface area contributed by atoms with Gasteiger partial charge in [0, 0.05) is 18.3 Å². The molecule has 3 rings (SSSR count). The van der Waals surface area contributed by atoms with Crippen molar-refractivity contribution in [2.24, 2.45) is 0 Å². The van der Waals surface area contributed by atoms with Gasteiger partial charge in [-0.15, -0.1) is 0 Å². The van der Waals surface area contributed by atoms with Crippen LogP contribution in [0.3, 0.4) is 0 Å². The van der Waals surface area contributed by atoms with Gasteiger partial charge in [-0.1, -0.05) is 11.6 Å². The van der Waals surface area contributed by atoms with E-state index in [1.165, 1.54) is 6.33 Å². The van der Waals surface area contributed by atoms with Crippen LogP contribution in [0.2, 0.25) is 5.02 Å². The number of amides is 1. The first-order valence-electron chi connectivity index (χ1n) is 7.81. The maximum absolute atomic E-state index is 12.0. The van der Waals surface area contributed by atoms with Crippen LogP contribution in [0, 0.1) is 11.3 Å². The van der Waals surface area contributed by atoms with Crippen LogP contribution >= 0.6 is 11.6 Å². The first-order valence-corrected chi connectivity index (χ1v) is 8.19. The van der Waals surface area contributed by atoms with Crippen molar-refractivity contribution in [2.45, 2.75) is 37.8 Å². The lowest BCUT2D eigenvalue weighted by Gasteiger charge is -2.29. The molecule has 0 atom stereocenters. The fraction of sp³-hybridized carbons (Fsp3) is 0.353. The van der Waals surface area contributed by atoms with Gasteiger partial charge in [-0.05, 0) is 37.8 Å². The van der Waals surface area contributed by atoms with Crippen LogP contribution in [0.1, 0.15) is 41.7 Å². The number of benzene rings is 1. The molecule has 0 aliphatic heterocycles. The molecule has 6 nitrogen and oxygen atoms in total. The topological polar surface area (TPSA) is 90.8 Å². The van der Waals surface area contributed by atoms with E-state index in [2.05, 4.69) is 15.3 Å². The monoisotopic (exact) mass is 344 g/mol. The Morgan fingerprint density at radius 3 is 2.79 bits per heavy atom. The highest BCUT2D eigenvalue weighted by Crippen LogP contribution is 2.27. The number of hydrogen-bond acceptors (Lipinski definition) is 4. The fourth-order valence-corrected chi connectivity index (χ4v) is 3.03. The first kappa shape index (κ1) is 16.3. The third-order valence-electron chi connectivity index (χ3n) is 4.10. The normalized spacial score (nSPS) is 20.2. The Bertz CT molecular complexity index is 746. The van der Waals surface area contributed by atoms with E-state index in [0.29, 0.717) is 22.0 Å². The number of hydrogen-bond donors (Lipinski definition) is 2. The molecule has 1 fully saturated rings. The molecule has 2 N–H and O–H groups in total. The summed E-state index contributed by atoms with van der Waals surface area (Å²) in [5.41, 5.74) is 0.842. The van der Waals surface area contributed by atoms with Crippen LogP contribution in [0.25, 0.3) is 0 Å². The van der Waals surface area contributed by atoms with Crippen LogP contribution in [0.5, 0.6) is 5.75 Å². The number of carbonyl (C=O) groups is 1. The van der Waals surface area contributed by atoms with Gasteiger partial charge in [0.25, 0.3) is 5.91 Å². The molecule has 0 radical (unpaired) electrons. The second kappa shape index (κ2) is 7.37. The minimum Gasteiger partial charge on any atom is -0.490 e. The first-order chi connectivity index (χ1) is 11.7. The van der Waals surface area contributed by atoms with Gasteiger partial charge in [0.2, 0.25) is 0 Å². The van der Waals surface area contributed by atoms with Crippen molar-refractivity contribution in [1.82, 2.24) is 15.3 Å². The molecule has 7 heteroatoms. The number of nitrogens with zero attached hydrogens (tertiary/aromatic N) is 2. The summed E-state index contributed by atoms with van der Waals surface area (Å²) < 4.78 is 5.94. The van der Waals surface area contributed by atoms with E-state index in [1.54, 1.807) is 24.4 Å². The summed E-state index contributed by atoms with van der Waals surface area (Å²) in [5.74, 6) is 0.516. The maximum Gasteiger partial charge on any atom is 0.271 e. The highest BCUT2D eigenvalue weighted by atomic mass is 35.5. The maximum atomic E-state index is 12.0. The van der Waals surface area contributed by atoms with Crippen molar-refractivity contribution in [1.29, 1.82) is 5.26 Å². The fourth-order valence-electron chi connectivity index (χ4n) is 2.82. The van der Waals surface area contributed by atoms with E-state index in [1.807, 2.05) is 6.07 Å². The molecule has 0 saturated heterocycles. The average Bonchev–Trinajstić information content (AvgIpc) is 3.11. The van der Waals surface area contributed by atoms with Crippen LogP contribution in [-0.4, -0.2) is 28.0 Å². The van der Waals surface area contributed by atoms with E-state index in [4.69, 9.17) is 21.6 Å². The Hall–Kier alpha value is -2.52. The molecule has 1 heterocycles. The number of carbonyl (C=O) groups excluding carboxylic acids is 1. The van der Waals surface area contributed by atoms with Gasteiger partial charge in [0.05, 0.1) is 23.0 Å². The Balaban J connectivity index is 1.49. The molecule has 1 aliphatic carbocycles. The van der Waals surface area contributed by atoms with Gasteiger partial charge in [-0.2, -0.15) is 5.26 Å². The molecule has 1 saturated carbocycles. The van der Waals surface area contributed by atoms with Crippen molar-refractivity contribution in [3.8, 4) is 11.8 Å². The number of aromatic nitrogens is 2. The lowest BCUT2D eigenvalue weighted by Crippen LogP contribution is -2.39. The Kier molecular flexibility index (Phi) is 5.02. The lowest BCUT2D eigenvalue weighted by atomic mass is 9.93. The molecular formula is C17H17ClN4O2. The molecule has 1 aromatic heterocycles. The lowest BCUT2D eigenvalue weighted by molar-refractivity contribution is 0.0889. The van der Waals surface area contributed by atoms with E-state index in [-0.39, 0.29) is 18.1 Å². The molecule has 0 bridgehead atoms. The summed E-state index contributed by atoms with van der Waals surface area (Å²) in [6, 6.07) is 7.26. The second-order valence-corrected chi connectivity index (χ2v) is 6.18. The van der Waals surface area contributed by atoms with E-state index >= 15 is 0 Å². The van der Waals surface area contributed by atoms with E-state index < -0.39 is 0 Å². The third kappa shape index (κ3) is 3.87. The number of H-pyrrole nitrogens is 1. The highest BCUT2D eigenvalue weighted by molar-refractivity contribution is 6.31. The number of nitrogens with one attached hydrogen (secondary N) is 2. The number of aromatic amines is 1. The van der Waals surface area contributed by atoms with Crippen LogP contribution in [0.4, 0.5) is 0 Å². The molecule has 24 heavy (non-hydrogen) atoms. The van der Waals surface area contributed by atoms with Crippen LogP contribution in [0.15, 0.2) is 30.7 Å². The Labute approximate surface area is 144 Å². The molecule has 0 spiro atoms. The summed E-state index contributed by atoms with van der Waals surface area (Å²) in [6.45, 7) is 0. The van der Waals surface area contributed by atoms with Crippen molar-refractivity contribution in [2.75, 3.05) is 0 Å². The van der Waals surface area contributed by atoms with E-state index in [0.717, 1.165) is 25.7 Å². The quantitative estimate of drug-likeness (QED) is 0.891. The minimum absolute atomic E-state index is 0.0903. The van der Waals surface area contributed by atoms with Gasteiger partial charge in [0.15, 0.2) is 0 Å². The highest BCUT2D eigenvalue weighted by Gasteiger charge is 2.24. The predicted molar refractivity (Wildman–Crippen MR) is 88.9 cm³/mol. The van der Waals surface area contributed by atoms with Gasteiger partial charge < -0.3 is 15.0 Å². The van der Waals surface area contributed by atoms with Crippen molar-refractivity contribution >= 4 is 17.5 Å². The van der Waals surface area contributed by atoms with Gasteiger partial charge in [0.1, 0.15) is 17.5 Å². The number of nitriles is 1.